The number of methoxy groups -OCH3 is 1. The number of nitrogens with two attached hydrogens (primary N) is 1. The molecule has 0 bridgehead atoms. The number of hydrogen-bond donors (Lipinski definition) is 1. The Hall–Kier alpha value is -1.70. The summed E-state index contributed by atoms with van der Waals surface area (Å²) in [6.07, 6.45) is 2.19. The molecule has 0 fully saturated rings. The summed E-state index contributed by atoms with van der Waals surface area (Å²) in [5.74, 6) is 0.578. The van der Waals surface area contributed by atoms with Crippen molar-refractivity contribution in [1.82, 2.24) is 4.98 Å². The van der Waals surface area contributed by atoms with Crippen molar-refractivity contribution < 1.29 is 17.9 Å². The Labute approximate surface area is 123 Å². The van der Waals surface area contributed by atoms with E-state index in [1.54, 1.807) is 25.3 Å². The van der Waals surface area contributed by atoms with Crippen LogP contribution in [0, 0.1) is 0 Å². The predicted octanol–water partition coefficient (Wildman–Crippen LogP) is 1.69. The minimum atomic E-state index is -3.83. The summed E-state index contributed by atoms with van der Waals surface area (Å²) in [6.45, 7) is 2.52. The summed E-state index contributed by atoms with van der Waals surface area (Å²) < 4.78 is 34.1. The fourth-order valence-electron chi connectivity index (χ4n) is 2.01. The molecule has 2 rings (SSSR count). The molecule has 114 valence electrons. The summed E-state index contributed by atoms with van der Waals surface area (Å²) in [5.41, 5.74) is 0.316. The second-order valence-electron chi connectivity index (χ2n) is 4.72. The molecule has 2 N–H and O–H groups in total. The fourth-order valence-corrected chi connectivity index (χ4v) is 2.70. The second kappa shape index (κ2) is 6.38. The van der Waals surface area contributed by atoms with Gasteiger partial charge in [-0.1, -0.05) is 0 Å². The number of aromatic nitrogens is 1. The Morgan fingerprint density at radius 1 is 1.33 bits per heavy atom. The van der Waals surface area contributed by atoms with Crippen LogP contribution in [0.3, 0.4) is 0 Å². The van der Waals surface area contributed by atoms with Crippen molar-refractivity contribution in [1.29, 1.82) is 0 Å². The van der Waals surface area contributed by atoms with Crippen LogP contribution in [0.25, 0.3) is 10.9 Å². The maximum atomic E-state index is 11.6. The van der Waals surface area contributed by atoms with E-state index in [1.807, 2.05) is 6.92 Å². The highest BCUT2D eigenvalue weighted by Gasteiger charge is 2.17. The van der Waals surface area contributed by atoms with Gasteiger partial charge < -0.3 is 9.47 Å². The Bertz CT molecular complexity index is 731. The van der Waals surface area contributed by atoms with Crippen LogP contribution in [0.15, 0.2) is 35.4 Å². The van der Waals surface area contributed by atoms with Crippen molar-refractivity contribution in [2.45, 2.75) is 24.3 Å². The summed E-state index contributed by atoms with van der Waals surface area (Å²) in [6, 6.07) is 6.51. The molecule has 1 heterocycles. The minimum absolute atomic E-state index is 0.00463. The third-order valence-electron chi connectivity index (χ3n) is 3.06. The number of benzene rings is 1. The van der Waals surface area contributed by atoms with E-state index in [4.69, 9.17) is 14.6 Å². The lowest BCUT2D eigenvalue weighted by molar-refractivity contribution is 0.136. The Kier molecular flexibility index (Phi) is 4.76. The van der Waals surface area contributed by atoms with Gasteiger partial charge in [-0.3, -0.25) is 4.98 Å². The van der Waals surface area contributed by atoms with Gasteiger partial charge in [0.25, 0.3) is 0 Å². The molecule has 1 aromatic carbocycles. The maximum absolute atomic E-state index is 11.6. The van der Waals surface area contributed by atoms with Gasteiger partial charge in [-0.05, 0) is 31.2 Å². The molecule has 0 amide bonds. The zero-order valence-corrected chi connectivity index (χ0v) is 12.8. The standard InChI is InChI=1S/C14H18N2O4S/c1-10(7-9-19-2)20-12-5-6-13(21(15,17)18)14-11(12)4-3-8-16-14/h3-6,8,10H,7,9H2,1-2H3,(H2,15,17,18). The normalized spacial score (nSPS) is 13.3. The lowest BCUT2D eigenvalue weighted by Gasteiger charge is -2.16. The number of nitrogens with zero attached hydrogens (tertiary/aromatic N) is 1. The summed E-state index contributed by atoms with van der Waals surface area (Å²) in [4.78, 5) is 4.11. The third kappa shape index (κ3) is 3.69. The monoisotopic (exact) mass is 310 g/mol. The van der Waals surface area contributed by atoms with Gasteiger partial charge in [-0.15, -0.1) is 0 Å². The van der Waals surface area contributed by atoms with Crippen LogP contribution in [-0.4, -0.2) is 33.2 Å². The lowest BCUT2D eigenvalue weighted by Crippen LogP contribution is -2.16. The molecule has 21 heavy (non-hydrogen) atoms. The predicted molar refractivity (Wildman–Crippen MR) is 79.7 cm³/mol. The van der Waals surface area contributed by atoms with E-state index in [9.17, 15) is 8.42 Å². The van der Waals surface area contributed by atoms with Crippen molar-refractivity contribution in [2.24, 2.45) is 5.14 Å². The first kappa shape index (κ1) is 15.7. The number of primary sulfonamides is 1. The quantitative estimate of drug-likeness (QED) is 0.876. The van der Waals surface area contributed by atoms with Gasteiger partial charge in [0, 0.05) is 31.7 Å². The van der Waals surface area contributed by atoms with Crippen LogP contribution in [0.2, 0.25) is 0 Å². The largest absolute Gasteiger partial charge is 0.490 e. The van der Waals surface area contributed by atoms with E-state index >= 15 is 0 Å². The molecule has 1 aromatic heterocycles. The summed E-state index contributed by atoms with van der Waals surface area (Å²) in [7, 11) is -2.19. The number of rotatable bonds is 6. The average molecular weight is 310 g/mol. The van der Waals surface area contributed by atoms with Gasteiger partial charge >= 0.3 is 0 Å². The smallest absolute Gasteiger partial charge is 0.240 e. The highest BCUT2D eigenvalue weighted by Crippen LogP contribution is 2.29. The van der Waals surface area contributed by atoms with Crippen LogP contribution in [0.4, 0.5) is 0 Å². The van der Waals surface area contributed by atoms with Gasteiger partial charge in [0.2, 0.25) is 10.0 Å². The topological polar surface area (TPSA) is 91.5 Å². The molecule has 1 atom stereocenters. The molecule has 0 saturated carbocycles. The number of ether oxygens (including phenoxy) is 2. The SMILES string of the molecule is COCCC(C)Oc1ccc(S(N)(=O)=O)c2ncccc12. The van der Waals surface area contributed by atoms with E-state index < -0.39 is 10.0 Å². The lowest BCUT2D eigenvalue weighted by atomic mass is 10.2. The van der Waals surface area contributed by atoms with Gasteiger partial charge in [0.15, 0.2) is 0 Å². The Balaban J connectivity index is 2.43. The zero-order valence-electron chi connectivity index (χ0n) is 11.9. The van der Waals surface area contributed by atoms with Crippen LogP contribution >= 0.6 is 0 Å². The molecule has 7 heteroatoms. The van der Waals surface area contributed by atoms with E-state index in [2.05, 4.69) is 4.98 Å². The van der Waals surface area contributed by atoms with E-state index in [0.29, 0.717) is 23.3 Å². The van der Waals surface area contributed by atoms with Crippen molar-refractivity contribution in [3.63, 3.8) is 0 Å². The molecule has 0 saturated heterocycles. The van der Waals surface area contributed by atoms with Crippen LogP contribution < -0.4 is 9.88 Å². The van der Waals surface area contributed by atoms with Crippen molar-refractivity contribution in [3.8, 4) is 5.75 Å². The third-order valence-corrected chi connectivity index (χ3v) is 4.00. The van der Waals surface area contributed by atoms with Crippen molar-refractivity contribution in [3.05, 3.63) is 30.5 Å². The van der Waals surface area contributed by atoms with Gasteiger partial charge in [-0.2, -0.15) is 0 Å². The summed E-state index contributed by atoms with van der Waals surface area (Å²) >= 11 is 0. The van der Waals surface area contributed by atoms with Gasteiger partial charge in [0.1, 0.15) is 10.6 Å². The first-order valence-electron chi connectivity index (χ1n) is 6.49. The zero-order chi connectivity index (χ0) is 15.5. The van der Waals surface area contributed by atoms with E-state index in [1.165, 1.54) is 12.3 Å². The molecule has 6 nitrogen and oxygen atoms in total. The molecule has 0 spiro atoms. The molecule has 0 aliphatic carbocycles. The van der Waals surface area contributed by atoms with Crippen molar-refractivity contribution in [2.75, 3.05) is 13.7 Å². The first-order valence-corrected chi connectivity index (χ1v) is 8.04. The Morgan fingerprint density at radius 3 is 2.76 bits per heavy atom. The molecule has 0 aliphatic heterocycles. The van der Waals surface area contributed by atoms with Crippen LogP contribution in [0.5, 0.6) is 5.75 Å². The van der Waals surface area contributed by atoms with E-state index in [0.717, 1.165) is 6.42 Å². The minimum Gasteiger partial charge on any atom is -0.490 e. The molecule has 1 unspecified atom stereocenters. The van der Waals surface area contributed by atoms with Gasteiger partial charge in [-0.25, -0.2) is 13.6 Å². The van der Waals surface area contributed by atoms with Crippen LogP contribution in [-0.2, 0) is 14.8 Å². The fraction of sp³-hybridized carbons (Fsp3) is 0.357. The molecular formula is C14H18N2O4S. The molecular weight excluding hydrogens is 292 g/mol. The molecule has 2 aromatic rings. The highest BCUT2D eigenvalue weighted by molar-refractivity contribution is 7.89. The number of sulfonamides is 1. The number of fused-ring (bicyclic) bond motifs is 1. The number of pyridine rings is 1. The van der Waals surface area contributed by atoms with E-state index in [-0.39, 0.29) is 11.0 Å². The highest BCUT2D eigenvalue weighted by atomic mass is 32.2. The van der Waals surface area contributed by atoms with Crippen molar-refractivity contribution >= 4 is 20.9 Å². The van der Waals surface area contributed by atoms with Gasteiger partial charge in [0.05, 0.1) is 11.6 Å². The Morgan fingerprint density at radius 2 is 2.10 bits per heavy atom. The first-order chi connectivity index (χ1) is 9.93. The van der Waals surface area contributed by atoms with Crippen LogP contribution in [0.1, 0.15) is 13.3 Å². The molecule has 0 aliphatic rings. The maximum Gasteiger partial charge on any atom is 0.240 e. The number of hydrogen-bond acceptors (Lipinski definition) is 5. The molecule has 0 radical (unpaired) electrons. The second-order valence-corrected chi connectivity index (χ2v) is 6.25. The summed E-state index contributed by atoms with van der Waals surface area (Å²) in [5, 5.41) is 5.83. The average Bonchev–Trinajstić information content (AvgIpc) is 2.44.